The molecule has 90 valence electrons. The summed E-state index contributed by atoms with van der Waals surface area (Å²) in [5.74, 6) is 0. The Labute approximate surface area is 101 Å². The van der Waals surface area contributed by atoms with E-state index in [4.69, 9.17) is 5.11 Å². The van der Waals surface area contributed by atoms with Gasteiger partial charge in [-0.3, -0.25) is 0 Å². The van der Waals surface area contributed by atoms with Crippen LogP contribution in [0.15, 0.2) is 6.07 Å². The highest BCUT2D eigenvalue weighted by molar-refractivity contribution is 14.1. The van der Waals surface area contributed by atoms with Crippen LogP contribution in [0.25, 0.3) is 0 Å². The molecule has 0 unspecified atom stereocenters. The van der Waals surface area contributed by atoms with Crippen LogP contribution in [0, 0.1) is 3.57 Å². The van der Waals surface area contributed by atoms with Gasteiger partial charge in [0.05, 0.1) is 17.9 Å². The number of alkyl halides is 5. The van der Waals surface area contributed by atoms with Crippen molar-refractivity contribution in [3.05, 3.63) is 26.6 Å². The van der Waals surface area contributed by atoms with Gasteiger partial charge in [-0.2, -0.15) is 13.2 Å². The third-order valence-electron chi connectivity index (χ3n) is 1.70. The molecule has 1 aromatic rings. The van der Waals surface area contributed by atoms with Crippen LogP contribution in [0.5, 0.6) is 0 Å². The summed E-state index contributed by atoms with van der Waals surface area (Å²) >= 11 is 1.29. The monoisotopic (exact) mass is 353 g/mol. The second-order valence-corrected chi connectivity index (χ2v) is 3.97. The third kappa shape index (κ3) is 2.78. The molecule has 1 heterocycles. The molecule has 0 fully saturated rings. The van der Waals surface area contributed by atoms with Gasteiger partial charge in [-0.15, -0.1) is 0 Å². The Morgan fingerprint density at radius 2 is 1.94 bits per heavy atom. The van der Waals surface area contributed by atoms with E-state index in [0.29, 0.717) is 0 Å². The maximum Gasteiger partial charge on any atom is 0.419 e. The Morgan fingerprint density at radius 1 is 1.38 bits per heavy atom. The van der Waals surface area contributed by atoms with E-state index in [-0.39, 0.29) is 5.69 Å². The van der Waals surface area contributed by atoms with Crippen molar-refractivity contribution in [3.63, 3.8) is 0 Å². The Kier molecular flexibility index (Phi) is 4.05. The van der Waals surface area contributed by atoms with Gasteiger partial charge in [0.2, 0.25) is 0 Å². The zero-order valence-electron chi connectivity index (χ0n) is 7.52. The van der Waals surface area contributed by atoms with Gasteiger partial charge in [0, 0.05) is 3.57 Å². The van der Waals surface area contributed by atoms with Crippen molar-refractivity contribution in [2.45, 2.75) is 19.2 Å². The predicted molar refractivity (Wildman–Crippen MR) is 52.8 cm³/mol. The molecule has 0 aliphatic rings. The van der Waals surface area contributed by atoms with Gasteiger partial charge < -0.3 is 5.11 Å². The average Bonchev–Trinajstić information content (AvgIpc) is 2.14. The summed E-state index contributed by atoms with van der Waals surface area (Å²) in [5, 5.41) is 8.67. The highest BCUT2D eigenvalue weighted by atomic mass is 127. The molecule has 8 heteroatoms. The smallest absolute Gasteiger partial charge is 0.390 e. The number of halogens is 6. The van der Waals surface area contributed by atoms with Crippen molar-refractivity contribution in [3.8, 4) is 0 Å². The minimum Gasteiger partial charge on any atom is -0.390 e. The predicted octanol–water partition coefficient (Wildman–Crippen LogP) is 3.13. The molecule has 1 aromatic heterocycles. The molecule has 0 saturated carbocycles. The number of nitrogens with zero attached hydrogens (tertiary/aromatic N) is 1. The van der Waals surface area contributed by atoms with E-state index >= 15 is 0 Å². The molecule has 0 aromatic carbocycles. The van der Waals surface area contributed by atoms with Gasteiger partial charge in [0.15, 0.2) is 0 Å². The van der Waals surface area contributed by atoms with E-state index in [0.717, 1.165) is 6.07 Å². The lowest BCUT2D eigenvalue weighted by Crippen LogP contribution is -2.15. The van der Waals surface area contributed by atoms with E-state index in [1.807, 2.05) is 0 Å². The Bertz CT molecular complexity index is 393. The second kappa shape index (κ2) is 4.78. The van der Waals surface area contributed by atoms with E-state index in [9.17, 15) is 22.0 Å². The lowest BCUT2D eigenvalue weighted by Gasteiger charge is -2.14. The fourth-order valence-corrected chi connectivity index (χ4v) is 2.04. The number of aliphatic hydroxyl groups is 1. The van der Waals surface area contributed by atoms with Gasteiger partial charge in [0.25, 0.3) is 6.43 Å². The molecule has 1 N–H and O–H groups in total. The highest BCUT2D eigenvalue weighted by Gasteiger charge is 2.39. The SMILES string of the molecule is OCc1cc(I)c(C(F)(F)F)c(C(F)F)n1. The van der Waals surface area contributed by atoms with E-state index < -0.39 is 34.0 Å². The molecule has 1 rings (SSSR count). The summed E-state index contributed by atoms with van der Waals surface area (Å²) in [4.78, 5) is 3.09. The number of aliphatic hydroxyl groups excluding tert-OH is 1. The third-order valence-corrected chi connectivity index (χ3v) is 2.56. The first-order valence-electron chi connectivity index (χ1n) is 3.93. The van der Waals surface area contributed by atoms with E-state index in [2.05, 4.69) is 4.98 Å². The van der Waals surface area contributed by atoms with Gasteiger partial charge >= 0.3 is 6.18 Å². The molecule has 0 atom stereocenters. The normalized spacial score (nSPS) is 12.2. The van der Waals surface area contributed by atoms with Crippen molar-refractivity contribution in [1.82, 2.24) is 4.98 Å². The van der Waals surface area contributed by atoms with Gasteiger partial charge in [-0.1, -0.05) is 0 Å². The standard InChI is InChI=1S/C8H5F5INO/c9-7(10)6-5(8(11,12)13)4(14)1-3(2-16)15-6/h1,7,16H,2H2. The lowest BCUT2D eigenvalue weighted by molar-refractivity contribution is -0.140. The molecule has 0 spiro atoms. The van der Waals surface area contributed by atoms with Gasteiger partial charge in [-0.05, 0) is 28.7 Å². The first-order chi connectivity index (χ1) is 7.27. The van der Waals surface area contributed by atoms with E-state index in [1.165, 1.54) is 22.6 Å². The number of rotatable bonds is 2. The first-order valence-corrected chi connectivity index (χ1v) is 5.00. The Balaban J connectivity index is 3.46. The molecule has 0 radical (unpaired) electrons. The molecular weight excluding hydrogens is 348 g/mol. The summed E-state index contributed by atoms with van der Waals surface area (Å²) in [6.45, 7) is -0.687. The van der Waals surface area contributed by atoms with Crippen molar-refractivity contribution < 1.29 is 27.1 Å². The number of aromatic nitrogens is 1. The van der Waals surface area contributed by atoms with Crippen LogP contribution in [0.4, 0.5) is 22.0 Å². The molecule has 0 bridgehead atoms. The molecule has 0 aliphatic heterocycles. The Hall–Kier alpha value is -0.510. The molecular formula is C8H5F5INO. The van der Waals surface area contributed by atoms with Crippen molar-refractivity contribution in [2.24, 2.45) is 0 Å². The maximum atomic E-state index is 12.5. The van der Waals surface area contributed by atoms with Crippen LogP contribution in [0.1, 0.15) is 23.4 Å². The quantitative estimate of drug-likeness (QED) is 0.655. The first kappa shape index (κ1) is 13.6. The fraction of sp³-hybridized carbons (Fsp3) is 0.375. The minimum atomic E-state index is -4.89. The molecule has 0 amide bonds. The highest BCUT2D eigenvalue weighted by Crippen LogP contribution is 2.38. The summed E-state index contributed by atoms with van der Waals surface area (Å²) in [6.07, 6.45) is -8.22. The second-order valence-electron chi connectivity index (χ2n) is 2.81. The number of hydrogen-bond donors (Lipinski definition) is 1. The molecule has 0 saturated heterocycles. The Morgan fingerprint density at radius 3 is 2.31 bits per heavy atom. The van der Waals surface area contributed by atoms with Gasteiger partial charge in [-0.25, -0.2) is 13.8 Å². The van der Waals surface area contributed by atoms with Crippen molar-refractivity contribution in [1.29, 1.82) is 0 Å². The average molecular weight is 353 g/mol. The summed E-state index contributed by atoms with van der Waals surface area (Å²) in [7, 11) is 0. The zero-order chi connectivity index (χ0) is 12.5. The van der Waals surface area contributed by atoms with Crippen molar-refractivity contribution >= 4 is 22.6 Å². The molecule has 2 nitrogen and oxygen atoms in total. The molecule has 16 heavy (non-hydrogen) atoms. The van der Waals surface area contributed by atoms with Gasteiger partial charge in [0.1, 0.15) is 5.69 Å². The van der Waals surface area contributed by atoms with E-state index in [1.54, 1.807) is 0 Å². The lowest BCUT2D eigenvalue weighted by atomic mass is 10.1. The van der Waals surface area contributed by atoms with Crippen LogP contribution in [-0.2, 0) is 12.8 Å². The number of hydrogen-bond acceptors (Lipinski definition) is 2. The summed E-state index contributed by atoms with van der Waals surface area (Å²) < 4.78 is 61.8. The zero-order valence-corrected chi connectivity index (χ0v) is 9.68. The largest absolute Gasteiger partial charge is 0.419 e. The van der Waals surface area contributed by atoms with Crippen LogP contribution >= 0.6 is 22.6 Å². The summed E-state index contributed by atoms with van der Waals surface area (Å²) in [6, 6.07) is 0.926. The maximum absolute atomic E-state index is 12.5. The number of pyridine rings is 1. The fourth-order valence-electron chi connectivity index (χ4n) is 1.10. The van der Waals surface area contributed by atoms with Crippen LogP contribution in [0.2, 0.25) is 0 Å². The van der Waals surface area contributed by atoms with Crippen LogP contribution in [-0.4, -0.2) is 10.1 Å². The van der Waals surface area contributed by atoms with Crippen molar-refractivity contribution in [2.75, 3.05) is 0 Å². The van der Waals surface area contributed by atoms with Crippen LogP contribution < -0.4 is 0 Å². The molecule has 0 aliphatic carbocycles. The topological polar surface area (TPSA) is 33.1 Å². The summed E-state index contributed by atoms with van der Waals surface area (Å²) in [5.41, 5.74) is -3.00. The van der Waals surface area contributed by atoms with Crippen LogP contribution in [0.3, 0.4) is 0 Å². The minimum absolute atomic E-state index is 0.215.